The van der Waals surface area contributed by atoms with Crippen LogP contribution in [0.2, 0.25) is 0 Å². The lowest BCUT2D eigenvalue weighted by Crippen LogP contribution is -2.30. The van der Waals surface area contributed by atoms with Gasteiger partial charge in [0.25, 0.3) is 0 Å². The molecular formula is C4H2Cl2N4. The average molecular weight is 177 g/mol. The summed E-state index contributed by atoms with van der Waals surface area (Å²) in [6.45, 7) is 0. The van der Waals surface area contributed by atoms with E-state index in [0.717, 1.165) is 5.12 Å². The van der Waals surface area contributed by atoms with Crippen molar-refractivity contribution >= 4 is 28.4 Å². The fourth-order valence-electron chi connectivity index (χ4n) is 0.435. The molecule has 6 heteroatoms. The molecule has 0 bridgehead atoms. The molecule has 0 saturated carbocycles. The number of nitriles is 1. The maximum absolute atomic E-state index is 8.29. The first kappa shape index (κ1) is 7.19. The van der Waals surface area contributed by atoms with Gasteiger partial charge in [0.2, 0.25) is 6.19 Å². The summed E-state index contributed by atoms with van der Waals surface area (Å²) in [4.78, 5) is 0. The first-order chi connectivity index (χ1) is 4.72. The molecule has 0 fully saturated rings. The number of hydrogen-bond donors (Lipinski definition) is 1. The molecule has 10 heavy (non-hydrogen) atoms. The monoisotopic (exact) mass is 176 g/mol. The van der Waals surface area contributed by atoms with Crippen molar-refractivity contribution in [3.63, 3.8) is 0 Å². The third-order valence-electron chi connectivity index (χ3n) is 0.749. The number of allylic oxidation sites excluding steroid dienone is 1. The molecule has 0 aromatic rings. The topological polar surface area (TPSA) is 51.4 Å². The summed E-state index contributed by atoms with van der Waals surface area (Å²) in [7, 11) is 0. The van der Waals surface area contributed by atoms with E-state index in [9.17, 15) is 0 Å². The second-order valence-electron chi connectivity index (χ2n) is 1.44. The van der Waals surface area contributed by atoms with Crippen molar-refractivity contribution in [3.8, 4) is 6.19 Å². The Labute approximate surface area is 67.3 Å². The van der Waals surface area contributed by atoms with Crippen molar-refractivity contribution in [2.45, 2.75) is 0 Å². The highest BCUT2D eigenvalue weighted by Crippen LogP contribution is 2.06. The summed E-state index contributed by atoms with van der Waals surface area (Å²) in [6, 6.07) is 0. The Kier molecular flexibility index (Phi) is 2.00. The normalized spacial score (nSPS) is 16.7. The minimum Gasteiger partial charge on any atom is -0.257 e. The van der Waals surface area contributed by atoms with Crippen LogP contribution in [-0.4, -0.2) is 10.3 Å². The van der Waals surface area contributed by atoms with Crippen molar-refractivity contribution < 1.29 is 0 Å². The van der Waals surface area contributed by atoms with Gasteiger partial charge in [0.1, 0.15) is 5.16 Å². The van der Waals surface area contributed by atoms with Crippen LogP contribution >= 0.6 is 23.2 Å². The van der Waals surface area contributed by atoms with Gasteiger partial charge in [-0.1, -0.05) is 23.2 Å². The largest absolute Gasteiger partial charge is 0.257 e. The summed E-state index contributed by atoms with van der Waals surface area (Å²) in [5, 5.41) is 13.1. The van der Waals surface area contributed by atoms with Crippen LogP contribution in [0.25, 0.3) is 0 Å². The second kappa shape index (κ2) is 2.78. The highest BCUT2D eigenvalue weighted by atomic mass is 35.5. The molecule has 1 aliphatic rings. The van der Waals surface area contributed by atoms with E-state index in [1.165, 1.54) is 6.08 Å². The Bertz CT molecular complexity index is 238. The summed E-state index contributed by atoms with van der Waals surface area (Å²) in [5.41, 5.74) is 2.42. The average Bonchev–Trinajstić information content (AvgIpc) is 1.85. The van der Waals surface area contributed by atoms with E-state index in [1.807, 2.05) is 0 Å². The lowest BCUT2D eigenvalue weighted by atomic mass is 10.6. The molecule has 1 heterocycles. The van der Waals surface area contributed by atoms with Crippen LogP contribution in [0.5, 0.6) is 0 Å². The lowest BCUT2D eigenvalue weighted by molar-refractivity contribution is 0.342. The van der Waals surface area contributed by atoms with Gasteiger partial charge in [0, 0.05) is 6.08 Å². The number of nitrogens with one attached hydrogen (secondary N) is 1. The van der Waals surface area contributed by atoms with Crippen molar-refractivity contribution in [2.24, 2.45) is 5.10 Å². The Morgan fingerprint density at radius 2 is 2.40 bits per heavy atom. The van der Waals surface area contributed by atoms with Gasteiger partial charge in [0.15, 0.2) is 5.17 Å². The van der Waals surface area contributed by atoms with Gasteiger partial charge in [-0.3, -0.25) is 5.43 Å². The zero-order valence-corrected chi connectivity index (χ0v) is 6.19. The SMILES string of the molecule is N#CN1N=C(Cl)C=C(Cl)N1. The van der Waals surface area contributed by atoms with Crippen LogP contribution in [0.15, 0.2) is 16.3 Å². The molecule has 1 N–H and O–H groups in total. The molecule has 0 radical (unpaired) electrons. The molecular weight excluding hydrogens is 175 g/mol. The van der Waals surface area contributed by atoms with E-state index in [0.29, 0.717) is 0 Å². The van der Waals surface area contributed by atoms with Gasteiger partial charge in [0.05, 0.1) is 0 Å². The number of halogens is 2. The Morgan fingerprint density at radius 3 is 2.90 bits per heavy atom. The molecule has 0 atom stereocenters. The molecule has 52 valence electrons. The lowest BCUT2D eigenvalue weighted by Gasteiger charge is -2.14. The highest BCUT2D eigenvalue weighted by molar-refractivity contribution is 6.69. The van der Waals surface area contributed by atoms with Crippen LogP contribution in [0.4, 0.5) is 0 Å². The molecule has 0 amide bonds. The first-order valence-corrected chi connectivity index (χ1v) is 3.06. The third kappa shape index (κ3) is 1.53. The molecule has 0 aromatic heterocycles. The van der Waals surface area contributed by atoms with E-state index in [4.69, 9.17) is 28.5 Å². The minimum absolute atomic E-state index is 0.172. The van der Waals surface area contributed by atoms with Crippen LogP contribution in [0.3, 0.4) is 0 Å². The molecule has 0 spiro atoms. The number of hydrazine groups is 1. The van der Waals surface area contributed by atoms with Crippen LogP contribution in [0.1, 0.15) is 0 Å². The number of hydrogen-bond acceptors (Lipinski definition) is 4. The van der Waals surface area contributed by atoms with E-state index in [1.54, 1.807) is 6.19 Å². The third-order valence-corrected chi connectivity index (χ3v) is 1.13. The van der Waals surface area contributed by atoms with Gasteiger partial charge in [-0.25, -0.2) is 0 Å². The number of nitrogens with zero attached hydrogens (tertiary/aromatic N) is 3. The van der Waals surface area contributed by atoms with E-state index >= 15 is 0 Å². The van der Waals surface area contributed by atoms with Crippen molar-refractivity contribution in [2.75, 3.05) is 0 Å². The van der Waals surface area contributed by atoms with Crippen LogP contribution < -0.4 is 5.43 Å². The standard InChI is InChI=1S/C4H2Cl2N4/c5-3-1-4(6)9-10(2-7)8-3/h1,8H. The quantitative estimate of drug-likeness (QED) is 0.442. The zero-order chi connectivity index (χ0) is 7.56. The molecule has 1 aliphatic heterocycles. The Morgan fingerprint density at radius 1 is 1.70 bits per heavy atom. The Balaban J connectivity index is 2.79. The molecule has 0 saturated heterocycles. The zero-order valence-electron chi connectivity index (χ0n) is 4.67. The van der Waals surface area contributed by atoms with Gasteiger partial charge < -0.3 is 0 Å². The predicted octanol–water partition coefficient (Wildman–Crippen LogP) is 0.920. The second-order valence-corrected chi connectivity index (χ2v) is 2.23. The van der Waals surface area contributed by atoms with E-state index in [-0.39, 0.29) is 10.3 Å². The van der Waals surface area contributed by atoms with Gasteiger partial charge in [-0.05, 0) is 0 Å². The van der Waals surface area contributed by atoms with Crippen molar-refractivity contribution in [3.05, 3.63) is 11.2 Å². The molecule has 4 nitrogen and oxygen atoms in total. The van der Waals surface area contributed by atoms with Gasteiger partial charge in [-0.15, -0.1) is 10.2 Å². The van der Waals surface area contributed by atoms with Crippen molar-refractivity contribution in [1.29, 1.82) is 5.26 Å². The number of rotatable bonds is 0. The van der Waals surface area contributed by atoms with E-state index in [2.05, 4.69) is 10.5 Å². The first-order valence-electron chi connectivity index (χ1n) is 2.30. The fourth-order valence-corrected chi connectivity index (χ4v) is 0.859. The molecule has 0 aromatic carbocycles. The van der Waals surface area contributed by atoms with Gasteiger partial charge >= 0.3 is 0 Å². The summed E-state index contributed by atoms with van der Waals surface area (Å²) >= 11 is 10.9. The van der Waals surface area contributed by atoms with E-state index < -0.39 is 0 Å². The minimum atomic E-state index is 0.172. The highest BCUT2D eigenvalue weighted by Gasteiger charge is 2.07. The van der Waals surface area contributed by atoms with Crippen LogP contribution in [0, 0.1) is 11.5 Å². The fraction of sp³-hybridized carbons (Fsp3) is 0. The van der Waals surface area contributed by atoms with Crippen molar-refractivity contribution in [1.82, 2.24) is 10.5 Å². The summed E-state index contributed by atoms with van der Waals surface area (Å²) < 4.78 is 0. The van der Waals surface area contributed by atoms with Crippen LogP contribution in [-0.2, 0) is 0 Å². The summed E-state index contributed by atoms with van der Waals surface area (Å²) in [6.07, 6.45) is 3.09. The molecule has 0 unspecified atom stereocenters. The maximum Gasteiger partial charge on any atom is 0.223 e. The predicted molar refractivity (Wildman–Crippen MR) is 37.8 cm³/mol. The smallest absolute Gasteiger partial charge is 0.223 e. The Hall–Kier alpha value is -0.920. The summed E-state index contributed by atoms with van der Waals surface area (Å²) in [5.74, 6) is 0. The molecule has 1 rings (SSSR count). The van der Waals surface area contributed by atoms with Gasteiger partial charge in [-0.2, -0.15) is 5.26 Å². The number of hydrazone groups is 1. The molecule has 0 aliphatic carbocycles. The maximum atomic E-state index is 8.29.